The van der Waals surface area contributed by atoms with Gasteiger partial charge in [-0.05, 0) is 30.4 Å². The number of rotatable bonds is 8. The van der Waals surface area contributed by atoms with E-state index in [0.29, 0.717) is 24.0 Å². The molecule has 2 aromatic heterocycles. The first kappa shape index (κ1) is 17.9. The van der Waals surface area contributed by atoms with Gasteiger partial charge in [0.25, 0.3) is 5.91 Å². The van der Waals surface area contributed by atoms with Crippen molar-refractivity contribution in [3.8, 4) is 0 Å². The predicted molar refractivity (Wildman–Crippen MR) is 104 cm³/mol. The molecule has 136 valence electrons. The molecule has 26 heavy (non-hydrogen) atoms. The van der Waals surface area contributed by atoms with Gasteiger partial charge >= 0.3 is 0 Å². The molecular weight excluding hydrogens is 326 g/mol. The van der Waals surface area contributed by atoms with Crippen LogP contribution in [0.5, 0.6) is 0 Å². The molecule has 0 atom stereocenters. The van der Waals surface area contributed by atoms with Crippen LogP contribution in [0.4, 0.5) is 5.82 Å². The second kappa shape index (κ2) is 8.47. The number of amides is 1. The van der Waals surface area contributed by atoms with E-state index in [1.54, 1.807) is 6.07 Å². The van der Waals surface area contributed by atoms with E-state index >= 15 is 0 Å². The summed E-state index contributed by atoms with van der Waals surface area (Å²) in [6.07, 6.45) is 5.28. The van der Waals surface area contributed by atoms with E-state index < -0.39 is 0 Å². The third-order valence-electron chi connectivity index (χ3n) is 4.28. The Morgan fingerprint density at radius 3 is 2.88 bits per heavy atom. The summed E-state index contributed by atoms with van der Waals surface area (Å²) >= 11 is 0. The van der Waals surface area contributed by atoms with Crippen LogP contribution in [-0.2, 0) is 6.42 Å². The highest BCUT2D eigenvalue weighted by atomic mass is 16.1. The quantitative estimate of drug-likeness (QED) is 0.581. The zero-order valence-corrected chi connectivity index (χ0v) is 15.2. The van der Waals surface area contributed by atoms with Gasteiger partial charge in [0.15, 0.2) is 0 Å². The lowest BCUT2D eigenvalue weighted by molar-refractivity contribution is 0.0947. The minimum absolute atomic E-state index is 0.160. The molecule has 0 bridgehead atoms. The summed E-state index contributed by atoms with van der Waals surface area (Å²) in [5.74, 6) is 1.06. The number of hydrogen-bond donors (Lipinski definition) is 3. The normalized spacial score (nSPS) is 11.0. The average molecular weight is 351 g/mol. The summed E-state index contributed by atoms with van der Waals surface area (Å²) in [5.41, 5.74) is 2.79. The Morgan fingerprint density at radius 2 is 2.04 bits per heavy atom. The van der Waals surface area contributed by atoms with Gasteiger partial charge in [-0.25, -0.2) is 9.97 Å². The van der Waals surface area contributed by atoms with Gasteiger partial charge in [0.05, 0.1) is 0 Å². The molecule has 3 N–H and O–H groups in total. The Kier molecular flexibility index (Phi) is 5.84. The van der Waals surface area contributed by atoms with Crippen molar-refractivity contribution in [1.29, 1.82) is 0 Å². The van der Waals surface area contributed by atoms with E-state index in [0.717, 1.165) is 24.9 Å². The van der Waals surface area contributed by atoms with Gasteiger partial charge in [0, 0.05) is 36.3 Å². The summed E-state index contributed by atoms with van der Waals surface area (Å²) in [6.45, 7) is 5.65. The molecule has 0 aliphatic rings. The van der Waals surface area contributed by atoms with Crippen molar-refractivity contribution < 1.29 is 4.79 Å². The molecule has 1 amide bonds. The molecule has 0 saturated heterocycles. The van der Waals surface area contributed by atoms with E-state index in [1.165, 1.54) is 17.3 Å². The fraction of sp³-hybridized carbons (Fsp3) is 0.350. The van der Waals surface area contributed by atoms with Crippen molar-refractivity contribution in [2.75, 3.05) is 18.4 Å². The van der Waals surface area contributed by atoms with E-state index in [-0.39, 0.29) is 5.91 Å². The van der Waals surface area contributed by atoms with Gasteiger partial charge in [-0.15, -0.1) is 0 Å². The maximum atomic E-state index is 12.2. The number of nitrogens with zero attached hydrogens (tertiary/aromatic N) is 2. The minimum Gasteiger partial charge on any atom is -0.370 e. The summed E-state index contributed by atoms with van der Waals surface area (Å²) in [5, 5.41) is 7.41. The van der Waals surface area contributed by atoms with Crippen LogP contribution in [0.25, 0.3) is 10.9 Å². The largest absolute Gasteiger partial charge is 0.370 e. The highest BCUT2D eigenvalue weighted by Crippen LogP contribution is 2.18. The van der Waals surface area contributed by atoms with E-state index in [9.17, 15) is 4.79 Å². The molecule has 2 heterocycles. The monoisotopic (exact) mass is 351 g/mol. The Hall–Kier alpha value is -2.89. The topological polar surface area (TPSA) is 82.7 Å². The number of hydrogen-bond acceptors (Lipinski definition) is 4. The third kappa shape index (κ3) is 4.59. The average Bonchev–Trinajstić information content (AvgIpc) is 3.05. The lowest BCUT2D eigenvalue weighted by atomic mass is 10.1. The van der Waals surface area contributed by atoms with Crippen LogP contribution < -0.4 is 10.6 Å². The molecule has 0 radical (unpaired) electrons. The van der Waals surface area contributed by atoms with Crippen molar-refractivity contribution in [2.24, 2.45) is 5.92 Å². The molecule has 0 aliphatic heterocycles. The summed E-state index contributed by atoms with van der Waals surface area (Å²) in [6, 6.07) is 9.95. The molecule has 0 spiro atoms. The van der Waals surface area contributed by atoms with Crippen LogP contribution in [0.15, 0.2) is 42.9 Å². The lowest BCUT2D eigenvalue weighted by Gasteiger charge is -2.08. The zero-order valence-electron chi connectivity index (χ0n) is 15.2. The Labute approximate surface area is 153 Å². The Balaban J connectivity index is 1.54. The summed E-state index contributed by atoms with van der Waals surface area (Å²) in [7, 11) is 0. The number of H-pyrrole nitrogens is 1. The van der Waals surface area contributed by atoms with Gasteiger partial charge in [-0.1, -0.05) is 32.0 Å². The van der Waals surface area contributed by atoms with Crippen LogP contribution in [0.3, 0.4) is 0 Å². The Morgan fingerprint density at radius 1 is 1.19 bits per heavy atom. The highest BCUT2D eigenvalue weighted by molar-refractivity contribution is 5.92. The van der Waals surface area contributed by atoms with Crippen molar-refractivity contribution in [1.82, 2.24) is 20.3 Å². The predicted octanol–water partition coefficient (Wildman–Crippen LogP) is 3.39. The molecule has 6 nitrogen and oxygen atoms in total. The zero-order chi connectivity index (χ0) is 18.4. The van der Waals surface area contributed by atoms with E-state index in [1.807, 2.05) is 18.3 Å². The molecule has 0 saturated carbocycles. The maximum absolute atomic E-state index is 12.2. The van der Waals surface area contributed by atoms with Gasteiger partial charge < -0.3 is 15.6 Å². The van der Waals surface area contributed by atoms with Gasteiger partial charge in [0.1, 0.15) is 17.8 Å². The molecule has 1 aromatic carbocycles. The maximum Gasteiger partial charge on any atom is 0.270 e. The number of benzene rings is 1. The molecule has 6 heteroatoms. The number of para-hydroxylation sites is 1. The number of anilines is 1. The first-order valence-corrected chi connectivity index (χ1v) is 9.02. The van der Waals surface area contributed by atoms with Crippen molar-refractivity contribution in [2.45, 2.75) is 26.7 Å². The number of aromatic nitrogens is 3. The van der Waals surface area contributed by atoms with Gasteiger partial charge in [-0.3, -0.25) is 4.79 Å². The van der Waals surface area contributed by atoms with Crippen LogP contribution in [0.2, 0.25) is 0 Å². The van der Waals surface area contributed by atoms with Crippen molar-refractivity contribution in [3.05, 3.63) is 54.1 Å². The van der Waals surface area contributed by atoms with E-state index in [2.05, 4.69) is 51.6 Å². The second-order valence-electron chi connectivity index (χ2n) is 6.76. The third-order valence-corrected chi connectivity index (χ3v) is 4.28. The molecule has 0 aliphatic carbocycles. The molecule has 0 fully saturated rings. The molecule has 0 unspecified atom stereocenters. The van der Waals surface area contributed by atoms with Crippen LogP contribution in [0, 0.1) is 5.92 Å². The number of nitrogens with one attached hydrogen (secondary N) is 3. The standard InChI is InChI=1S/C20H25N5O/c1-14(2)7-9-22-20(26)18-11-19(25-13-24-18)21-10-8-15-12-23-17-6-4-3-5-16(15)17/h3-6,11-14,23H,7-10H2,1-2H3,(H,22,26)(H,21,24,25). The number of aromatic amines is 1. The smallest absolute Gasteiger partial charge is 0.270 e. The van der Waals surface area contributed by atoms with Crippen molar-refractivity contribution >= 4 is 22.6 Å². The SMILES string of the molecule is CC(C)CCNC(=O)c1cc(NCCc2c[nH]c3ccccc23)ncn1. The lowest BCUT2D eigenvalue weighted by Crippen LogP contribution is -2.26. The summed E-state index contributed by atoms with van der Waals surface area (Å²) in [4.78, 5) is 23.7. The van der Waals surface area contributed by atoms with Crippen LogP contribution in [-0.4, -0.2) is 33.9 Å². The fourth-order valence-electron chi connectivity index (χ4n) is 2.81. The van der Waals surface area contributed by atoms with Gasteiger partial charge in [0.2, 0.25) is 0 Å². The number of fused-ring (bicyclic) bond motifs is 1. The molecule has 3 rings (SSSR count). The number of carbonyl (C=O) groups excluding carboxylic acids is 1. The first-order valence-electron chi connectivity index (χ1n) is 9.02. The minimum atomic E-state index is -0.160. The molecule has 3 aromatic rings. The van der Waals surface area contributed by atoms with Crippen LogP contribution >= 0.6 is 0 Å². The van der Waals surface area contributed by atoms with Crippen LogP contribution in [0.1, 0.15) is 36.3 Å². The first-order chi connectivity index (χ1) is 12.6. The van der Waals surface area contributed by atoms with E-state index in [4.69, 9.17) is 0 Å². The van der Waals surface area contributed by atoms with Gasteiger partial charge in [-0.2, -0.15) is 0 Å². The second-order valence-corrected chi connectivity index (χ2v) is 6.76. The molecular formula is C20H25N5O. The fourth-order valence-corrected chi connectivity index (χ4v) is 2.81. The number of carbonyl (C=O) groups is 1. The Bertz CT molecular complexity index is 871. The van der Waals surface area contributed by atoms with Crippen molar-refractivity contribution in [3.63, 3.8) is 0 Å². The highest BCUT2D eigenvalue weighted by Gasteiger charge is 2.09. The summed E-state index contributed by atoms with van der Waals surface area (Å²) < 4.78 is 0.